The van der Waals surface area contributed by atoms with Gasteiger partial charge in [0.15, 0.2) is 5.78 Å². The standard InChI is InChI=1S/C27H34BBrF2O3/c1-2-3-4-5-6-7-8-9-10-11-20-33-25-18-14-22(15-19-25)26(32)21-27(34-28(30)31)23-12-16-24(29)17-13-23/h12-19,21H,2-11,20H2,1H3/b27-21-. The molecule has 0 bridgehead atoms. The average molecular weight is 535 g/mol. The van der Waals surface area contributed by atoms with Crippen LogP contribution < -0.4 is 4.74 Å². The van der Waals surface area contributed by atoms with Gasteiger partial charge in [0.25, 0.3) is 0 Å². The zero-order valence-electron chi connectivity index (χ0n) is 19.9. The van der Waals surface area contributed by atoms with Gasteiger partial charge in [-0.25, -0.2) is 8.63 Å². The minimum atomic E-state index is -3.02. The monoisotopic (exact) mass is 534 g/mol. The van der Waals surface area contributed by atoms with Gasteiger partial charge in [-0.15, -0.1) is 0 Å². The van der Waals surface area contributed by atoms with Gasteiger partial charge >= 0.3 is 7.47 Å². The Balaban J connectivity index is 1.76. The van der Waals surface area contributed by atoms with Crippen molar-refractivity contribution in [2.75, 3.05) is 6.61 Å². The van der Waals surface area contributed by atoms with Gasteiger partial charge in [0.05, 0.1) is 6.61 Å². The summed E-state index contributed by atoms with van der Waals surface area (Å²) in [5, 5.41) is 0. The van der Waals surface area contributed by atoms with E-state index in [2.05, 4.69) is 27.5 Å². The molecule has 2 aromatic rings. The van der Waals surface area contributed by atoms with Crippen molar-refractivity contribution in [1.29, 1.82) is 0 Å². The third-order valence-corrected chi connectivity index (χ3v) is 6.04. The Kier molecular flexibility index (Phi) is 13.6. The van der Waals surface area contributed by atoms with E-state index >= 15 is 0 Å². The second-order valence-electron chi connectivity index (χ2n) is 8.31. The summed E-state index contributed by atoms with van der Waals surface area (Å²) in [6.45, 7) is 2.88. The van der Waals surface area contributed by atoms with E-state index in [9.17, 15) is 13.4 Å². The second-order valence-corrected chi connectivity index (χ2v) is 9.23. The zero-order chi connectivity index (χ0) is 24.6. The third-order valence-electron chi connectivity index (χ3n) is 5.51. The van der Waals surface area contributed by atoms with Gasteiger partial charge in [0, 0.05) is 21.7 Å². The van der Waals surface area contributed by atoms with Crippen LogP contribution >= 0.6 is 15.9 Å². The van der Waals surface area contributed by atoms with E-state index in [0.29, 0.717) is 23.5 Å². The zero-order valence-corrected chi connectivity index (χ0v) is 21.5. The molecule has 0 aliphatic carbocycles. The van der Waals surface area contributed by atoms with Crippen LogP contribution in [0.3, 0.4) is 0 Å². The molecule has 0 N–H and O–H groups in total. The Morgan fingerprint density at radius 3 is 1.91 bits per heavy atom. The smallest absolute Gasteiger partial charge is 0.505 e. The topological polar surface area (TPSA) is 35.5 Å². The van der Waals surface area contributed by atoms with Crippen LogP contribution in [0.2, 0.25) is 0 Å². The van der Waals surface area contributed by atoms with Crippen LogP contribution in [0.15, 0.2) is 59.1 Å². The van der Waals surface area contributed by atoms with Gasteiger partial charge in [0.1, 0.15) is 11.5 Å². The molecular weight excluding hydrogens is 501 g/mol. The maximum absolute atomic E-state index is 12.8. The highest BCUT2D eigenvalue weighted by molar-refractivity contribution is 9.10. The van der Waals surface area contributed by atoms with Crippen molar-refractivity contribution in [3.8, 4) is 5.75 Å². The number of carbonyl (C=O) groups excluding carboxylic acids is 1. The number of carbonyl (C=O) groups is 1. The minimum absolute atomic E-state index is 0.172. The van der Waals surface area contributed by atoms with E-state index in [1.54, 1.807) is 48.5 Å². The molecule has 0 aromatic heterocycles. The van der Waals surface area contributed by atoms with Crippen molar-refractivity contribution in [3.05, 3.63) is 70.2 Å². The Hall–Kier alpha value is -2.15. The Bertz CT molecular complexity index is 870. The van der Waals surface area contributed by atoms with Crippen LogP contribution in [0.4, 0.5) is 8.63 Å². The molecule has 0 atom stereocenters. The number of halogens is 3. The van der Waals surface area contributed by atoms with Crippen molar-refractivity contribution in [3.63, 3.8) is 0 Å². The fourth-order valence-corrected chi connectivity index (χ4v) is 3.86. The lowest BCUT2D eigenvalue weighted by atomic mass is 10.1. The number of allylic oxidation sites excluding steroid dienone is 1. The molecule has 0 aliphatic rings. The minimum Gasteiger partial charge on any atom is -0.505 e. The first-order valence-electron chi connectivity index (χ1n) is 12.2. The van der Waals surface area contributed by atoms with Crippen molar-refractivity contribution >= 4 is 34.9 Å². The molecule has 2 rings (SSSR count). The first kappa shape index (κ1) is 28.1. The largest absolute Gasteiger partial charge is 0.796 e. The van der Waals surface area contributed by atoms with Crippen molar-refractivity contribution in [1.82, 2.24) is 0 Å². The normalized spacial score (nSPS) is 11.4. The van der Waals surface area contributed by atoms with Gasteiger partial charge in [-0.1, -0.05) is 92.8 Å². The van der Waals surface area contributed by atoms with Gasteiger partial charge in [0.2, 0.25) is 0 Å². The van der Waals surface area contributed by atoms with Crippen LogP contribution in [-0.2, 0) is 4.65 Å². The molecular formula is C27H34BBrF2O3. The van der Waals surface area contributed by atoms with E-state index in [-0.39, 0.29) is 5.76 Å². The molecule has 184 valence electrons. The number of ketones is 1. The maximum Gasteiger partial charge on any atom is 0.796 e. The molecule has 0 saturated heterocycles. The summed E-state index contributed by atoms with van der Waals surface area (Å²) in [4.78, 5) is 12.6. The Labute approximate surface area is 211 Å². The van der Waals surface area contributed by atoms with Crippen LogP contribution in [0.5, 0.6) is 5.75 Å². The molecule has 0 amide bonds. The maximum atomic E-state index is 12.8. The molecule has 0 unspecified atom stereocenters. The van der Waals surface area contributed by atoms with Crippen LogP contribution in [0, 0.1) is 0 Å². The van der Waals surface area contributed by atoms with Crippen molar-refractivity contribution in [2.45, 2.75) is 71.1 Å². The fraction of sp³-hybridized carbons (Fsp3) is 0.444. The van der Waals surface area contributed by atoms with Crippen LogP contribution in [0.1, 0.15) is 87.1 Å². The first-order valence-corrected chi connectivity index (χ1v) is 13.0. The molecule has 0 aliphatic heterocycles. The number of hydrogen-bond acceptors (Lipinski definition) is 3. The summed E-state index contributed by atoms with van der Waals surface area (Å²) >= 11 is 3.30. The van der Waals surface area contributed by atoms with Gasteiger partial charge in [-0.05, 0) is 42.8 Å². The predicted molar refractivity (Wildman–Crippen MR) is 139 cm³/mol. The van der Waals surface area contributed by atoms with Gasteiger partial charge < -0.3 is 9.39 Å². The molecule has 0 radical (unpaired) electrons. The van der Waals surface area contributed by atoms with Crippen LogP contribution in [-0.4, -0.2) is 19.9 Å². The van der Waals surface area contributed by atoms with E-state index in [1.165, 1.54) is 51.4 Å². The fourth-order valence-electron chi connectivity index (χ4n) is 3.59. The summed E-state index contributed by atoms with van der Waals surface area (Å²) in [6, 6.07) is 13.3. The molecule has 2 aromatic carbocycles. The summed E-state index contributed by atoms with van der Waals surface area (Å²) < 4.78 is 36.8. The summed E-state index contributed by atoms with van der Waals surface area (Å²) in [5.41, 5.74) is 0.770. The molecule has 3 nitrogen and oxygen atoms in total. The van der Waals surface area contributed by atoms with Crippen LogP contribution in [0.25, 0.3) is 5.76 Å². The number of benzene rings is 2. The van der Waals surface area contributed by atoms with Gasteiger partial charge in [-0.3, -0.25) is 4.79 Å². The SMILES string of the molecule is CCCCCCCCCCCCOc1ccc(C(=O)/C=C(\OB(F)F)c2ccc(Br)cc2)cc1. The van der Waals surface area contributed by atoms with E-state index in [4.69, 9.17) is 4.74 Å². The highest BCUT2D eigenvalue weighted by Gasteiger charge is 2.21. The highest BCUT2D eigenvalue weighted by Crippen LogP contribution is 2.22. The summed E-state index contributed by atoms with van der Waals surface area (Å²) in [7, 11) is -3.02. The van der Waals surface area contributed by atoms with Crippen molar-refractivity contribution < 1.29 is 22.8 Å². The second kappa shape index (κ2) is 16.5. The molecule has 0 fully saturated rings. The number of ether oxygens (including phenoxy) is 1. The summed E-state index contributed by atoms with van der Waals surface area (Å²) in [6.07, 6.45) is 13.8. The predicted octanol–water partition coefficient (Wildman–Crippen LogP) is 8.91. The third kappa shape index (κ3) is 11.3. The molecule has 0 heterocycles. The van der Waals surface area contributed by atoms with Gasteiger partial charge in [-0.2, -0.15) is 0 Å². The molecule has 0 saturated carbocycles. The average Bonchev–Trinajstić information content (AvgIpc) is 2.82. The molecule has 0 spiro atoms. The highest BCUT2D eigenvalue weighted by atomic mass is 79.9. The Morgan fingerprint density at radius 1 is 0.824 bits per heavy atom. The Morgan fingerprint density at radius 2 is 1.35 bits per heavy atom. The first-order chi connectivity index (χ1) is 16.5. The number of hydrogen-bond donors (Lipinski definition) is 0. The lowest BCUT2D eigenvalue weighted by molar-refractivity contribution is 0.104. The van der Waals surface area contributed by atoms with E-state index in [0.717, 1.165) is 23.4 Å². The number of unbranched alkanes of at least 4 members (excludes halogenated alkanes) is 9. The lowest BCUT2D eigenvalue weighted by Gasteiger charge is -2.09. The van der Waals surface area contributed by atoms with E-state index < -0.39 is 13.3 Å². The summed E-state index contributed by atoms with van der Waals surface area (Å²) in [5.74, 6) is 0.0991. The molecule has 34 heavy (non-hydrogen) atoms. The quantitative estimate of drug-likeness (QED) is 0.0667. The lowest BCUT2D eigenvalue weighted by Crippen LogP contribution is -2.06. The van der Waals surface area contributed by atoms with E-state index in [1.807, 2.05) is 0 Å². The van der Waals surface area contributed by atoms with Crippen molar-refractivity contribution in [2.24, 2.45) is 0 Å². The number of rotatable bonds is 17. The molecule has 7 heteroatoms.